The third-order valence-electron chi connectivity index (χ3n) is 13.0. The van der Waals surface area contributed by atoms with Gasteiger partial charge >= 0.3 is 12.1 Å². The lowest BCUT2D eigenvalue weighted by atomic mass is 9.42. The number of ether oxygens (including phenoxy) is 1. The molecule has 5 rings (SSSR count). The number of benzene rings is 1. The summed E-state index contributed by atoms with van der Waals surface area (Å²) in [4.78, 5) is 12.5. The number of rotatable bonds is 15. The van der Waals surface area contributed by atoms with Gasteiger partial charge in [0.05, 0.1) is 12.7 Å². The van der Waals surface area contributed by atoms with Crippen molar-refractivity contribution < 1.29 is 40.8 Å². The number of Topliss-reactive ketones (excluding diaryl/α,β-unsaturated/α-hetero) is 1. The lowest BCUT2D eigenvalue weighted by Crippen LogP contribution is -2.56. The minimum absolute atomic E-state index is 0.0637. The Bertz CT molecular complexity index is 1250. The minimum Gasteiger partial charge on any atom is -0.494 e. The molecule has 10 heteroatoms. The van der Waals surface area contributed by atoms with Gasteiger partial charge in [0.25, 0.3) is 0 Å². The molecule has 1 aromatic rings. The summed E-state index contributed by atoms with van der Waals surface area (Å²) >= 11 is 0. The number of aliphatic hydroxyl groups excluding tert-OH is 1. The van der Waals surface area contributed by atoms with Gasteiger partial charge < -0.3 is 9.84 Å². The molecule has 4 fully saturated rings. The van der Waals surface area contributed by atoms with E-state index in [1.807, 2.05) is 0 Å². The Balaban J connectivity index is 1.04. The van der Waals surface area contributed by atoms with E-state index in [1.165, 1.54) is 12.0 Å². The summed E-state index contributed by atoms with van der Waals surface area (Å²) in [6.07, 6.45) is 5.55. The number of hydrogen-bond donors (Lipinski definition) is 1. The fourth-order valence-electron chi connectivity index (χ4n) is 10.3. The number of aliphatic hydroxyl groups is 1. The number of unbranched alkanes of at least 4 members (excludes halogenated alkanes) is 5. The maximum absolute atomic E-state index is 13.0. The Morgan fingerprint density at radius 1 is 0.875 bits per heavy atom. The first kappa shape index (κ1) is 37.7. The van der Waals surface area contributed by atoms with E-state index in [2.05, 4.69) is 38.1 Å². The van der Waals surface area contributed by atoms with Gasteiger partial charge in [0.2, 0.25) is 0 Å². The van der Waals surface area contributed by atoms with Gasteiger partial charge in [0.1, 0.15) is 11.5 Å². The van der Waals surface area contributed by atoms with E-state index in [1.54, 1.807) is 0 Å². The normalized spacial score (nSPS) is 34.3. The third kappa shape index (κ3) is 8.15. The molecule has 0 amide bonds. The van der Waals surface area contributed by atoms with Crippen LogP contribution >= 0.6 is 0 Å². The van der Waals surface area contributed by atoms with Crippen molar-refractivity contribution in [3.05, 3.63) is 29.8 Å². The minimum atomic E-state index is -5.55. The summed E-state index contributed by atoms with van der Waals surface area (Å²) in [6.45, 7) is 5.41. The van der Waals surface area contributed by atoms with Crippen molar-refractivity contribution in [3.63, 3.8) is 0 Å². The van der Waals surface area contributed by atoms with Crippen molar-refractivity contribution in [2.45, 2.75) is 141 Å². The molecule has 0 aliphatic heterocycles. The lowest BCUT2D eigenvalue weighted by molar-refractivity contribution is -0.284. The van der Waals surface area contributed by atoms with Gasteiger partial charge in [-0.1, -0.05) is 51.7 Å². The molecule has 272 valence electrons. The van der Waals surface area contributed by atoms with E-state index in [4.69, 9.17) is 4.74 Å². The zero-order chi connectivity index (χ0) is 34.7. The van der Waals surface area contributed by atoms with Crippen LogP contribution in [-0.2, 0) is 15.6 Å². The molecule has 4 aliphatic carbocycles. The Morgan fingerprint density at radius 2 is 1.54 bits per heavy atom. The molecule has 0 spiro atoms. The van der Waals surface area contributed by atoms with Crippen molar-refractivity contribution in [2.24, 2.45) is 34.5 Å². The maximum atomic E-state index is 13.0. The van der Waals surface area contributed by atoms with Crippen molar-refractivity contribution in [2.75, 3.05) is 18.1 Å². The second kappa shape index (κ2) is 15.4. The van der Waals surface area contributed by atoms with Gasteiger partial charge in [0, 0.05) is 41.6 Å². The van der Waals surface area contributed by atoms with Crippen LogP contribution in [0.5, 0.6) is 5.75 Å². The fourth-order valence-corrected chi connectivity index (χ4v) is 11.5. The van der Waals surface area contributed by atoms with Gasteiger partial charge in [-0.05, 0) is 116 Å². The number of halogens is 5. The highest BCUT2D eigenvalue weighted by atomic mass is 32.2. The van der Waals surface area contributed by atoms with E-state index in [0.29, 0.717) is 60.6 Å². The molecule has 9 atom stereocenters. The highest BCUT2D eigenvalue weighted by Gasteiger charge is 2.63. The van der Waals surface area contributed by atoms with Crippen LogP contribution in [0.3, 0.4) is 0 Å². The number of ketones is 1. The van der Waals surface area contributed by atoms with Gasteiger partial charge in [-0.25, -0.2) is 0 Å². The molecule has 0 radical (unpaired) electrons. The van der Waals surface area contributed by atoms with E-state index in [-0.39, 0.29) is 22.7 Å². The number of carbonyl (C=O) groups excluding carboxylic acids is 1. The topological polar surface area (TPSA) is 63.6 Å². The third-order valence-corrected chi connectivity index (χ3v) is 14.5. The molecule has 4 saturated carbocycles. The van der Waals surface area contributed by atoms with Gasteiger partial charge in [0.15, 0.2) is 0 Å². The van der Waals surface area contributed by atoms with E-state index in [0.717, 1.165) is 76.4 Å². The monoisotopic (exact) mass is 702 g/mol. The molecule has 4 unspecified atom stereocenters. The van der Waals surface area contributed by atoms with Crippen LogP contribution in [0.1, 0.15) is 128 Å². The molecule has 0 heterocycles. The van der Waals surface area contributed by atoms with Gasteiger partial charge in [-0.15, -0.1) is 0 Å². The highest BCUT2D eigenvalue weighted by Crippen LogP contribution is 2.69. The fraction of sp³-hybridized carbons (Fsp3) is 0.816. The Morgan fingerprint density at radius 3 is 2.25 bits per heavy atom. The number of fused-ring (bicyclic) bond motifs is 5. The van der Waals surface area contributed by atoms with Crippen LogP contribution in [0.15, 0.2) is 24.3 Å². The number of carbonyl (C=O) groups is 1. The first-order valence-corrected chi connectivity index (χ1v) is 19.9. The number of alkyl halides is 5. The number of hydrogen-bond acceptors (Lipinski definition) is 4. The Labute approximate surface area is 285 Å². The van der Waals surface area contributed by atoms with Crippen LogP contribution < -0.4 is 4.74 Å². The quantitative estimate of drug-likeness (QED) is 0.146. The second-order valence-corrected chi connectivity index (χ2v) is 17.6. The molecule has 0 saturated heterocycles. The van der Waals surface area contributed by atoms with Crippen molar-refractivity contribution >= 4 is 16.6 Å². The molecule has 48 heavy (non-hydrogen) atoms. The molecule has 0 bridgehead atoms. The van der Waals surface area contributed by atoms with E-state index >= 15 is 0 Å². The maximum Gasteiger partial charge on any atom is 0.453 e. The summed E-state index contributed by atoms with van der Waals surface area (Å²) in [5.74, 6) is -0.749. The predicted molar refractivity (Wildman–Crippen MR) is 179 cm³/mol. The second-order valence-electron chi connectivity index (χ2n) is 15.9. The van der Waals surface area contributed by atoms with Gasteiger partial charge in [-0.3, -0.25) is 9.00 Å². The molecule has 4 aliphatic rings. The summed E-state index contributed by atoms with van der Waals surface area (Å²) < 4.78 is 80.7. The van der Waals surface area contributed by atoms with Crippen molar-refractivity contribution in [3.8, 4) is 5.75 Å². The predicted octanol–water partition coefficient (Wildman–Crippen LogP) is 9.80. The standard InChI is InChI=1S/C38H55F5O4S/c1-35-20-18-28(44)24-27(35)12-15-30-32-16-17-33(45)36(32,2)25-31(34(30)35)26-10-13-29(14-11-26)47-21-7-5-3-4-6-8-22-48(46)23-9-19-37(39,40)38(41,42)43/h10-11,13-14,27,30-34,45H,3-9,12,15-25H2,1-2H3/t27?,30-,31?,32-,33?,34-,35-,36-,48?/m0/s1. The van der Waals surface area contributed by atoms with Crippen LogP contribution in [0, 0.1) is 34.5 Å². The average Bonchev–Trinajstić information content (AvgIpc) is 3.33. The van der Waals surface area contributed by atoms with Crippen LogP contribution in [-0.4, -0.2) is 51.4 Å². The first-order chi connectivity index (χ1) is 22.7. The van der Waals surface area contributed by atoms with E-state index < -0.39 is 35.7 Å². The highest BCUT2D eigenvalue weighted by molar-refractivity contribution is 7.84. The van der Waals surface area contributed by atoms with Crippen LogP contribution in [0.25, 0.3) is 0 Å². The zero-order valence-electron chi connectivity index (χ0n) is 28.7. The lowest BCUT2D eigenvalue weighted by Gasteiger charge is -2.62. The zero-order valence-corrected chi connectivity index (χ0v) is 29.5. The molecule has 1 N–H and O–H groups in total. The smallest absolute Gasteiger partial charge is 0.453 e. The molecule has 1 aromatic carbocycles. The summed E-state index contributed by atoms with van der Waals surface area (Å²) in [5, 5.41) is 11.2. The Hall–Kier alpha value is -1.55. The molecular formula is C38H55F5O4S. The largest absolute Gasteiger partial charge is 0.494 e. The first-order valence-electron chi connectivity index (χ1n) is 18.4. The summed E-state index contributed by atoms with van der Waals surface area (Å²) in [7, 11) is -1.37. The average molecular weight is 703 g/mol. The summed E-state index contributed by atoms with van der Waals surface area (Å²) in [6, 6.07) is 8.63. The van der Waals surface area contributed by atoms with Crippen molar-refractivity contribution in [1.82, 2.24) is 0 Å². The van der Waals surface area contributed by atoms with E-state index in [9.17, 15) is 36.1 Å². The van der Waals surface area contributed by atoms with Crippen molar-refractivity contribution in [1.29, 1.82) is 0 Å². The molecule has 0 aromatic heterocycles. The van der Waals surface area contributed by atoms with Crippen LogP contribution in [0.2, 0.25) is 0 Å². The molecular weight excluding hydrogens is 647 g/mol. The van der Waals surface area contributed by atoms with Crippen LogP contribution in [0.4, 0.5) is 22.0 Å². The SMILES string of the molecule is C[C@]12CCC(=O)CC1CC[C@@H]1[C@H]2C(c2ccc(OCCCCCCCCS(=O)CCCC(F)(F)C(F)(F)F)cc2)C[C@]2(C)C(O)CC[C@@H]12. The molecule has 4 nitrogen and oxygen atoms in total. The Kier molecular flexibility index (Phi) is 12.1. The summed E-state index contributed by atoms with van der Waals surface area (Å²) in [5.41, 5.74) is 1.42. The van der Waals surface area contributed by atoms with Gasteiger partial charge in [-0.2, -0.15) is 22.0 Å².